The Kier molecular flexibility index (Phi) is 17.5. The molecule has 2 saturated carbocycles. The summed E-state index contributed by atoms with van der Waals surface area (Å²) in [5.74, 6) is 0.839. The molecule has 0 unspecified atom stereocenters. The van der Waals surface area contributed by atoms with E-state index in [1.54, 1.807) is 25.3 Å². The predicted molar refractivity (Wildman–Crippen MR) is 129 cm³/mol. The number of hydrogen-bond donors (Lipinski definition) is 3. The number of carbonyl (C=O) groups is 1. The van der Waals surface area contributed by atoms with Crippen LogP contribution in [0, 0.1) is 13.2 Å². The van der Waals surface area contributed by atoms with Crippen molar-refractivity contribution in [2.45, 2.75) is 76.3 Å². The third-order valence-corrected chi connectivity index (χ3v) is 5.52. The van der Waals surface area contributed by atoms with E-state index in [4.69, 9.17) is 35.1 Å². The summed E-state index contributed by atoms with van der Waals surface area (Å²) in [6.45, 7) is 9.54. The molecule has 2 radical (unpaired) electrons. The van der Waals surface area contributed by atoms with Gasteiger partial charge in [-0.05, 0) is 43.9 Å². The molecule has 7 nitrogen and oxygen atoms in total. The normalized spacial score (nSPS) is 16.3. The zero-order chi connectivity index (χ0) is 24.3. The number of rotatable bonds is 7. The SMILES string of the molecule is COc1ccc(C(=O)NN[C]NC2CCCCC2)cc1OC.[C-]#[N+]C1CCCCC1.[Cl][Pd][Cl]. The number of benzene rings is 1. The van der Waals surface area contributed by atoms with Crippen LogP contribution in [0.3, 0.4) is 0 Å². The number of nitrogens with one attached hydrogen (secondary N) is 3. The first kappa shape index (κ1) is 30.0. The van der Waals surface area contributed by atoms with Crippen LogP contribution in [0.2, 0.25) is 0 Å². The van der Waals surface area contributed by atoms with Crippen molar-refractivity contribution < 1.29 is 30.2 Å². The summed E-state index contributed by atoms with van der Waals surface area (Å²) in [6.07, 6.45) is 12.3. The second kappa shape index (κ2) is 19.3. The molecular formula is C23H34Cl2N4O3Pd. The zero-order valence-electron chi connectivity index (χ0n) is 19.2. The van der Waals surface area contributed by atoms with E-state index in [9.17, 15) is 4.79 Å². The van der Waals surface area contributed by atoms with Crippen molar-refractivity contribution in [3.63, 3.8) is 0 Å². The number of ether oxygens (including phenoxy) is 2. The molecule has 0 saturated heterocycles. The van der Waals surface area contributed by atoms with Gasteiger partial charge in [0.2, 0.25) is 6.04 Å². The number of nitrogens with zero attached hydrogens (tertiary/aromatic N) is 1. The van der Waals surface area contributed by atoms with Crippen LogP contribution in [0.1, 0.15) is 74.6 Å². The first-order chi connectivity index (χ1) is 16.1. The van der Waals surface area contributed by atoms with Crippen LogP contribution in [-0.4, -0.2) is 32.2 Å². The van der Waals surface area contributed by atoms with Crippen molar-refractivity contribution in [3.05, 3.63) is 41.8 Å². The van der Waals surface area contributed by atoms with Crippen molar-refractivity contribution in [3.8, 4) is 11.5 Å². The van der Waals surface area contributed by atoms with E-state index in [1.165, 1.54) is 45.6 Å². The van der Waals surface area contributed by atoms with E-state index < -0.39 is 0 Å². The standard InChI is InChI=1S/C16H23N3O3.C7H11N.2ClH.Pd/c1-21-14-9-8-12(10-15(14)22-2)16(20)19-18-11-17-13-6-4-3-5-7-13;1-8-7-5-3-2-4-6-7;;;/h8-10,13,17-18H,3-7H2,1-2H3,(H,19,20);7H,2-6H2;2*1H;/q;;;;+2/p-2. The van der Waals surface area contributed by atoms with Gasteiger partial charge in [-0.2, -0.15) is 0 Å². The fraction of sp³-hybridized carbons (Fsp3) is 0.609. The number of halogens is 2. The van der Waals surface area contributed by atoms with Gasteiger partial charge in [0, 0.05) is 24.4 Å². The number of hydrazine groups is 1. The topological polar surface area (TPSA) is 76.0 Å². The molecule has 0 aliphatic heterocycles. The van der Waals surface area contributed by atoms with Gasteiger partial charge in [-0.3, -0.25) is 15.5 Å². The Morgan fingerprint density at radius 1 is 1.03 bits per heavy atom. The van der Waals surface area contributed by atoms with Crippen molar-refractivity contribution in [1.82, 2.24) is 16.2 Å². The Labute approximate surface area is 214 Å². The van der Waals surface area contributed by atoms with E-state index in [0.29, 0.717) is 29.1 Å². The van der Waals surface area contributed by atoms with E-state index in [0.717, 1.165) is 25.7 Å². The Morgan fingerprint density at radius 2 is 1.61 bits per heavy atom. The van der Waals surface area contributed by atoms with Gasteiger partial charge in [0.05, 0.1) is 14.2 Å². The molecule has 1 amide bonds. The number of carbonyl (C=O) groups excluding carboxylic acids is 1. The Balaban J connectivity index is 0.000000409. The van der Waals surface area contributed by atoms with E-state index in [1.807, 2.05) is 0 Å². The van der Waals surface area contributed by atoms with E-state index in [-0.39, 0.29) is 21.8 Å². The average Bonchev–Trinajstić information content (AvgIpc) is 2.88. The van der Waals surface area contributed by atoms with E-state index >= 15 is 0 Å². The van der Waals surface area contributed by atoms with Crippen LogP contribution in [-0.2, 0) is 15.9 Å². The Bertz CT molecular complexity index is 709. The maximum atomic E-state index is 12.0. The van der Waals surface area contributed by atoms with Gasteiger partial charge >= 0.3 is 35.0 Å². The minimum absolute atomic E-state index is 0.106. The summed E-state index contributed by atoms with van der Waals surface area (Å²) >= 11 is -0.106. The van der Waals surface area contributed by atoms with Crippen molar-refractivity contribution >= 4 is 25.0 Å². The van der Waals surface area contributed by atoms with Crippen LogP contribution >= 0.6 is 19.1 Å². The summed E-state index contributed by atoms with van der Waals surface area (Å²) in [6, 6.07) is 5.82. The van der Waals surface area contributed by atoms with Crippen molar-refractivity contribution in [1.29, 1.82) is 0 Å². The number of methoxy groups -OCH3 is 2. The van der Waals surface area contributed by atoms with Crippen LogP contribution in [0.15, 0.2) is 18.2 Å². The molecule has 0 spiro atoms. The molecule has 2 aliphatic carbocycles. The number of amides is 1. The molecule has 3 N–H and O–H groups in total. The molecule has 0 heterocycles. The molecule has 1 aromatic carbocycles. The fourth-order valence-corrected chi connectivity index (χ4v) is 3.73. The third-order valence-electron chi connectivity index (χ3n) is 5.52. The molecule has 2 fully saturated rings. The minimum atomic E-state index is -0.265. The quantitative estimate of drug-likeness (QED) is 0.129. The first-order valence-corrected chi connectivity index (χ1v) is 15.1. The van der Waals surface area contributed by atoms with Crippen LogP contribution in [0.25, 0.3) is 4.85 Å². The second-order valence-corrected chi connectivity index (χ2v) is 10.1. The molecular weight excluding hydrogens is 558 g/mol. The summed E-state index contributed by atoms with van der Waals surface area (Å²) in [4.78, 5) is 15.5. The molecule has 10 heteroatoms. The average molecular weight is 592 g/mol. The Morgan fingerprint density at radius 3 is 2.12 bits per heavy atom. The van der Waals surface area contributed by atoms with E-state index in [2.05, 4.69) is 27.7 Å². The molecule has 33 heavy (non-hydrogen) atoms. The van der Waals surface area contributed by atoms with Gasteiger partial charge in [-0.15, -0.1) is 0 Å². The van der Waals surface area contributed by atoms with Gasteiger partial charge in [0.1, 0.15) is 0 Å². The summed E-state index contributed by atoms with van der Waals surface area (Å²) in [5, 5.41) is 3.15. The summed E-state index contributed by atoms with van der Waals surface area (Å²) < 4.78 is 10.3. The molecule has 2 aliphatic rings. The Hall–Kier alpha value is -1.06. The fourth-order valence-electron chi connectivity index (χ4n) is 3.73. The maximum absolute atomic E-state index is 12.0. The molecule has 1 aromatic rings. The second-order valence-electron chi connectivity index (χ2n) is 7.72. The monoisotopic (exact) mass is 590 g/mol. The molecule has 0 bridgehead atoms. The number of hydrogen-bond acceptors (Lipinski definition) is 5. The van der Waals surface area contributed by atoms with Gasteiger partial charge in [0.15, 0.2) is 18.2 Å². The molecule has 0 atom stereocenters. The van der Waals surface area contributed by atoms with Crippen LogP contribution in [0.5, 0.6) is 11.5 Å². The van der Waals surface area contributed by atoms with Gasteiger partial charge in [-0.25, -0.2) is 12.0 Å². The first-order valence-electron chi connectivity index (χ1n) is 11.1. The zero-order valence-corrected chi connectivity index (χ0v) is 22.3. The van der Waals surface area contributed by atoms with Crippen molar-refractivity contribution in [2.75, 3.05) is 14.2 Å². The molecule has 3 rings (SSSR count). The predicted octanol–water partition coefficient (Wildman–Crippen LogP) is 5.47. The van der Waals surface area contributed by atoms with Gasteiger partial charge < -0.3 is 14.3 Å². The van der Waals surface area contributed by atoms with Crippen LogP contribution < -0.4 is 25.6 Å². The summed E-state index contributed by atoms with van der Waals surface area (Å²) in [7, 11) is 12.7. The third kappa shape index (κ3) is 12.8. The van der Waals surface area contributed by atoms with Gasteiger partial charge in [0.25, 0.3) is 5.91 Å². The van der Waals surface area contributed by atoms with Gasteiger partial charge in [-0.1, -0.05) is 25.7 Å². The van der Waals surface area contributed by atoms with Crippen molar-refractivity contribution in [2.24, 2.45) is 0 Å². The molecule has 0 aromatic heterocycles. The summed E-state index contributed by atoms with van der Waals surface area (Å²) in [5.41, 5.74) is 5.71. The molecule has 188 valence electrons. The van der Waals surface area contributed by atoms with Crippen LogP contribution in [0.4, 0.5) is 0 Å².